The zero-order valence-electron chi connectivity index (χ0n) is 9.18. The molecule has 0 heterocycles. The van der Waals surface area contributed by atoms with Crippen LogP contribution in [0.4, 0.5) is 22.7 Å². The summed E-state index contributed by atoms with van der Waals surface area (Å²) >= 11 is 17.9. The van der Waals surface area contributed by atoms with E-state index in [0.717, 1.165) is 0 Å². The van der Waals surface area contributed by atoms with E-state index >= 15 is 0 Å². The summed E-state index contributed by atoms with van der Waals surface area (Å²) in [6.45, 7) is 0. The number of rotatable bonds is 2. The Morgan fingerprint density at radius 1 is 0.778 bits per heavy atom. The second kappa shape index (κ2) is 5.14. The molecule has 2 rings (SSSR count). The van der Waals surface area contributed by atoms with Gasteiger partial charge in [-0.25, -0.2) is 0 Å². The molecule has 5 N–H and O–H groups in total. The Bertz CT molecular complexity index is 599. The minimum absolute atomic E-state index is 0.400. The number of benzene rings is 2. The van der Waals surface area contributed by atoms with E-state index in [1.165, 1.54) is 0 Å². The highest BCUT2D eigenvalue weighted by Gasteiger charge is 2.07. The first-order chi connectivity index (χ1) is 8.47. The van der Waals surface area contributed by atoms with Gasteiger partial charge in [-0.05, 0) is 30.3 Å². The van der Waals surface area contributed by atoms with Gasteiger partial charge in [-0.3, -0.25) is 0 Å². The molecule has 94 valence electrons. The van der Waals surface area contributed by atoms with Crippen molar-refractivity contribution in [3.8, 4) is 0 Å². The van der Waals surface area contributed by atoms with E-state index in [2.05, 4.69) is 5.32 Å². The highest BCUT2D eigenvalue weighted by Crippen LogP contribution is 2.35. The Labute approximate surface area is 120 Å². The van der Waals surface area contributed by atoms with Gasteiger partial charge in [-0.15, -0.1) is 0 Å². The SMILES string of the molecule is Nc1ccc(Nc2cc(Cl)c(Cl)cc2Cl)c(N)c1. The Hall–Kier alpha value is -1.29. The highest BCUT2D eigenvalue weighted by atomic mass is 35.5. The molecule has 0 saturated carbocycles. The predicted octanol–water partition coefficient (Wildman–Crippen LogP) is 4.55. The van der Waals surface area contributed by atoms with Crippen molar-refractivity contribution in [2.24, 2.45) is 0 Å². The standard InChI is InChI=1S/C12H10Cl3N3/c13-7-4-9(15)12(5-8(7)14)18-11-2-1-6(16)3-10(11)17/h1-5,18H,16-17H2. The van der Waals surface area contributed by atoms with Crippen LogP contribution in [0.2, 0.25) is 15.1 Å². The molecule has 0 unspecified atom stereocenters. The lowest BCUT2D eigenvalue weighted by atomic mass is 10.2. The Morgan fingerprint density at radius 2 is 1.44 bits per heavy atom. The van der Waals surface area contributed by atoms with E-state index in [0.29, 0.717) is 37.8 Å². The molecular formula is C12H10Cl3N3. The Kier molecular flexibility index (Phi) is 3.76. The maximum atomic E-state index is 6.06. The first-order valence-corrected chi connectivity index (χ1v) is 6.17. The van der Waals surface area contributed by atoms with E-state index in [-0.39, 0.29) is 0 Å². The van der Waals surface area contributed by atoms with Gasteiger partial charge in [0, 0.05) is 5.69 Å². The van der Waals surface area contributed by atoms with Crippen LogP contribution in [-0.4, -0.2) is 0 Å². The summed E-state index contributed by atoms with van der Waals surface area (Å²) in [6, 6.07) is 8.38. The summed E-state index contributed by atoms with van der Waals surface area (Å²) in [5.74, 6) is 0. The maximum absolute atomic E-state index is 6.06. The molecule has 0 amide bonds. The summed E-state index contributed by atoms with van der Waals surface area (Å²) in [7, 11) is 0. The molecule has 0 saturated heterocycles. The fraction of sp³-hybridized carbons (Fsp3) is 0. The molecule has 6 heteroatoms. The van der Waals surface area contributed by atoms with Crippen LogP contribution >= 0.6 is 34.8 Å². The van der Waals surface area contributed by atoms with E-state index in [4.69, 9.17) is 46.3 Å². The normalized spacial score (nSPS) is 10.4. The van der Waals surface area contributed by atoms with Crippen LogP contribution in [0, 0.1) is 0 Å². The van der Waals surface area contributed by atoms with Crippen LogP contribution in [0.3, 0.4) is 0 Å². The fourth-order valence-electron chi connectivity index (χ4n) is 1.46. The summed E-state index contributed by atoms with van der Waals surface area (Å²) in [6.07, 6.45) is 0. The number of nitrogens with one attached hydrogen (secondary N) is 1. The first kappa shape index (κ1) is 13.1. The molecule has 0 aliphatic heterocycles. The second-order valence-electron chi connectivity index (χ2n) is 3.72. The van der Waals surface area contributed by atoms with Gasteiger partial charge in [-0.2, -0.15) is 0 Å². The van der Waals surface area contributed by atoms with Crippen molar-refractivity contribution < 1.29 is 0 Å². The van der Waals surface area contributed by atoms with Gasteiger partial charge in [0.25, 0.3) is 0 Å². The third-order valence-corrected chi connectivity index (χ3v) is 3.39. The third kappa shape index (κ3) is 2.75. The molecule has 0 aliphatic rings. The quantitative estimate of drug-likeness (QED) is 0.563. The number of hydrogen-bond acceptors (Lipinski definition) is 3. The van der Waals surface area contributed by atoms with E-state index in [9.17, 15) is 0 Å². The maximum Gasteiger partial charge on any atom is 0.0656 e. The number of nitrogen functional groups attached to an aromatic ring is 2. The van der Waals surface area contributed by atoms with Gasteiger partial charge < -0.3 is 16.8 Å². The van der Waals surface area contributed by atoms with Crippen molar-refractivity contribution >= 4 is 57.6 Å². The monoisotopic (exact) mass is 301 g/mol. The van der Waals surface area contributed by atoms with E-state index < -0.39 is 0 Å². The van der Waals surface area contributed by atoms with Crippen molar-refractivity contribution in [2.75, 3.05) is 16.8 Å². The van der Waals surface area contributed by atoms with E-state index in [1.54, 1.807) is 30.3 Å². The molecular weight excluding hydrogens is 293 g/mol. The number of nitrogens with two attached hydrogens (primary N) is 2. The Morgan fingerprint density at radius 3 is 2.11 bits per heavy atom. The average Bonchev–Trinajstić information content (AvgIpc) is 2.29. The van der Waals surface area contributed by atoms with Crippen LogP contribution in [0.1, 0.15) is 0 Å². The van der Waals surface area contributed by atoms with E-state index in [1.807, 2.05) is 0 Å². The third-order valence-electron chi connectivity index (χ3n) is 2.35. The van der Waals surface area contributed by atoms with Crippen molar-refractivity contribution in [3.05, 3.63) is 45.4 Å². The molecule has 2 aromatic rings. The Balaban J connectivity index is 2.37. The number of halogens is 3. The fourth-order valence-corrected chi connectivity index (χ4v) is 2.05. The summed E-state index contributed by atoms with van der Waals surface area (Å²) in [4.78, 5) is 0. The molecule has 2 aromatic carbocycles. The van der Waals surface area contributed by atoms with Crippen LogP contribution in [0.25, 0.3) is 0 Å². The highest BCUT2D eigenvalue weighted by molar-refractivity contribution is 6.44. The van der Waals surface area contributed by atoms with Crippen LogP contribution in [0.5, 0.6) is 0 Å². The average molecular weight is 303 g/mol. The van der Waals surface area contributed by atoms with Crippen molar-refractivity contribution in [1.82, 2.24) is 0 Å². The molecule has 0 radical (unpaired) electrons. The molecule has 0 fully saturated rings. The zero-order chi connectivity index (χ0) is 13.3. The summed E-state index contributed by atoms with van der Waals surface area (Å²) in [5, 5.41) is 4.35. The lowest BCUT2D eigenvalue weighted by Crippen LogP contribution is -1.98. The first-order valence-electron chi connectivity index (χ1n) is 5.04. The molecule has 18 heavy (non-hydrogen) atoms. The van der Waals surface area contributed by atoms with Crippen LogP contribution in [0.15, 0.2) is 30.3 Å². The molecule has 0 aliphatic carbocycles. The van der Waals surface area contributed by atoms with Crippen molar-refractivity contribution in [3.63, 3.8) is 0 Å². The van der Waals surface area contributed by atoms with Gasteiger partial charge in [-0.1, -0.05) is 34.8 Å². The van der Waals surface area contributed by atoms with Crippen molar-refractivity contribution in [1.29, 1.82) is 0 Å². The molecule has 0 bridgehead atoms. The largest absolute Gasteiger partial charge is 0.399 e. The molecule has 0 spiro atoms. The van der Waals surface area contributed by atoms with Crippen molar-refractivity contribution in [2.45, 2.75) is 0 Å². The smallest absolute Gasteiger partial charge is 0.0656 e. The molecule has 0 atom stereocenters. The predicted molar refractivity (Wildman–Crippen MR) is 80.0 cm³/mol. The number of anilines is 4. The minimum Gasteiger partial charge on any atom is -0.399 e. The van der Waals surface area contributed by atoms with Gasteiger partial charge in [0.05, 0.1) is 32.1 Å². The lowest BCUT2D eigenvalue weighted by molar-refractivity contribution is 1.54. The summed E-state index contributed by atoms with van der Waals surface area (Å²) in [5.41, 5.74) is 13.9. The second-order valence-corrected chi connectivity index (χ2v) is 4.94. The minimum atomic E-state index is 0.400. The van der Waals surface area contributed by atoms with Gasteiger partial charge in [0.15, 0.2) is 0 Å². The topological polar surface area (TPSA) is 64.1 Å². The number of hydrogen-bond donors (Lipinski definition) is 3. The van der Waals surface area contributed by atoms with Crippen LogP contribution < -0.4 is 16.8 Å². The molecule has 0 aromatic heterocycles. The van der Waals surface area contributed by atoms with Gasteiger partial charge in [0.2, 0.25) is 0 Å². The summed E-state index contributed by atoms with van der Waals surface area (Å²) < 4.78 is 0. The van der Waals surface area contributed by atoms with Gasteiger partial charge >= 0.3 is 0 Å². The van der Waals surface area contributed by atoms with Crippen LogP contribution in [-0.2, 0) is 0 Å². The zero-order valence-corrected chi connectivity index (χ0v) is 11.4. The van der Waals surface area contributed by atoms with Gasteiger partial charge in [0.1, 0.15) is 0 Å². The molecule has 3 nitrogen and oxygen atoms in total. The lowest BCUT2D eigenvalue weighted by Gasteiger charge is -2.12.